The fourth-order valence-electron chi connectivity index (χ4n) is 3.07. The fraction of sp³-hybridized carbons (Fsp3) is 0.400. The van der Waals surface area contributed by atoms with Crippen LogP contribution in [0.25, 0.3) is 10.9 Å². The van der Waals surface area contributed by atoms with Gasteiger partial charge < -0.3 is 15.5 Å². The summed E-state index contributed by atoms with van der Waals surface area (Å²) in [7, 11) is 1.37. The number of aryl methyl sites for hydroxylation is 3. The number of methoxy groups -OCH3 is 1. The van der Waals surface area contributed by atoms with E-state index in [9.17, 15) is 4.79 Å². The molecule has 0 aliphatic heterocycles. The highest BCUT2D eigenvalue weighted by Crippen LogP contribution is 2.32. The van der Waals surface area contributed by atoms with E-state index >= 15 is 0 Å². The quantitative estimate of drug-likeness (QED) is 0.811. The van der Waals surface area contributed by atoms with E-state index in [1.807, 2.05) is 6.92 Å². The molecule has 1 unspecified atom stereocenters. The van der Waals surface area contributed by atoms with Crippen molar-refractivity contribution in [3.63, 3.8) is 0 Å². The van der Waals surface area contributed by atoms with Crippen molar-refractivity contribution >= 4 is 16.9 Å². The van der Waals surface area contributed by atoms with Crippen LogP contribution in [-0.2, 0) is 22.4 Å². The fourth-order valence-corrected chi connectivity index (χ4v) is 3.07. The maximum Gasteiger partial charge on any atom is 0.327 e. The first-order valence-corrected chi connectivity index (χ1v) is 6.59. The standard InChI is InChI=1S/C15H18N2O2/c1-8-13(14(16)15(18)19-2)11-6-9-4-3-5-10(9)7-12(11)17-8/h6-7,14,17H,3-5,16H2,1-2H3. The maximum atomic E-state index is 11.7. The molecule has 3 N–H and O–H groups in total. The van der Waals surface area contributed by atoms with Crippen molar-refractivity contribution < 1.29 is 9.53 Å². The summed E-state index contributed by atoms with van der Waals surface area (Å²) in [4.78, 5) is 15.0. The van der Waals surface area contributed by atoms with Crippen LogP contribution < -0.4 is 5.73 Å². The van der Waals surface area contributed by atoms with Gasteiger partial charge in [-0.3, -0.25) is 4.79 Å². The molecule has 0 fully saturated rings. The molecule has 0 bridgehead atoms. The molecule has 1 aliphatic carbocycles. The van der Waals surface area contributed by atoms with Crippen LogP contribution in [0, 0.1) is 6.92 Å². The van der Waals surface area contributed by atoms with Crippen molar-refractivity contribution in [2.45, 2.75) is 32.2 Å². The van der Waals surface area contributed by atoms with E-state index in [2.05, 4.69) is 17.1 Å². The Bertz CT molecular complexity index is 658. The Morgan fingerprint density at radius 3 is 2.74 bits per heavy atom. The first-order chi connectivity index (χ1) is 9.11. The number of fused-ring (bicyclic) bond motifs is 2. The average Bonchev–Trinajstić information content (AvgIpc) is 2.96. The van der Waals surface area contributed by atoms with Gasteiger partial charge in [0.15, 0.2) is 0 Å². The summed E-state index contributed by atoms with van der Waals surface area (Å²) in [6.07, 6.45) is 3.46. The molecule has 100 valence electrons. The van der Waals surface area contributed by atoms with Crippen molar-refractivity contribution in [1.29, 1.82) is 0 Å². The third-order valence-electron chi connectivity index (χ3n) is 4.01. The molecule has 2 aromatic rings. The smallest absolute Gasteiger partial charge is 0.327 e. The summed E-state index contributed by atoms with van der Waals surface area (Å²) < 4.78 is 4.75. The molecule has 1 aromatic carbocycles. The molecule has 0 saturated carbocycles. The summed E-state index contributed by atoms with van der Waals surface area (Å²) in [5.74, 6) is -0.399. The number of hydrogen-bond acceptors (Lipinski definition) is 3. The van der Waals surface area contributed by atoms with E-state index < -0.39 is 12.0 Å². The minimum atomic E-state index is -0.724. The summed E-state index contributed by atoms with van der Waals surface area (Å²) in [6.45, 7) is 1.95. The molecule has 0 saturated heterocycles. The van der Waals surface area contributed by atoms with Crippen molar-refractivity contribution in [2.75, 3.05) is 7.11 Å². The van der Waals surface area contributed by atoms with E-state index in [0.717, 1.165) is 35.0 Å². The van der Waals surface area contributed by atoms with Gasteiger partial charge in [0.25, 0.3) is 0 Å². The van der Waals surface area contributed by atoms with Crippen LogP contribution in [-0.4, -0.2) is 18.1 Å². The molecule has 1 atom stereocenters. The number of aromatic amines is 1. The van der Waals surface area contributed by atoms with Gasteiger partial charge in [-0.15, -0.1) is 0 Å². The first-order valence-electron chi connectivity index (χ1n) is 6.59. The number of ether oxygens (including phenoxy) is 1. The summed E-state index contributed by atoms with van der Waals surface area (Å²) in [6, 6.07) is 3.65. The number of aromatic nitrogens is 1. The molecular weight excluding hydrogens is 240 g/mol. The van der Waals surface area contributed by atoms with Crippen molar-refractivity contribution in [3.8, 4) is 0 Å². The third kappa shape index (κ3) is 1.83. The first kappa shape index (κ1) is 12.2. The predicted molar refractivity (Wildman–Crippen MR) is 74.0 cm³/mol. The van der Waals surface area contributed by atoms with E-state index in [1.165, 1.54) is 24.7 Å². The Balaban J connectivity index is 2.19. The monoisotopic (exact) mass is 258 g/mol. The van der Waals surface area contributed by atoms with Gasteiger partial charge in [-0.25, -0.2) is 0 Å². The Morgan fingerprint density at radius 1 is 1.37 bits per heavy atom. The van der Waals surface area contributed by atoms with Gasteiger partial charge in [-0.05, 0) is 49.4 Å². The number of rotatable bonds is 2. The zero-order chi connectivity index (χ0) is 13.6. The second-order valence-corrected chi connectivity index (χ2v) is 5.18. The van der Waals surface area contributed by atoms with Gasteiger partial charge in [0.1, 0.15) is 6.04 Å². The molecule has 0 radical (unpaired) electrons. The van der Waals surface area contributed by atoms with Gasteiger partial charge >= 0.3 is 5.97 Å². The number of benzene rings is 1. The lowest BCUT2D eigenvalue weighted by atomic mass is 10.0. The van der Waals surface area contributed by atoms with Crippen molar-refractivity contribution in [3.05, 3.63) is 34.5 Å². The molecule has 4 heteroatoms. The number of nitrogens with two attached hydrogens (primary N) is 1. The zero-order valence-electron chi connectivity index (χ0n) is 11.2. The molecule has 4 nitrogen and oxygen atoms in total. The molecule has 0 spiro atoms. The van der Waals surface area contributed by atoms with Crippen LogP contribution in [0.2, 0.25) is 0 Å². The summed E-state index contributed by atoms with van der Waals surface area (Å²) in [5.41, 5.74) is 11.7. The molecule has 19 heavy (non-hydrogen) atoms. The van der Waals surface area contributed by atoms with Gasteiger partial charge in [0.2, 0.25) is 0 Å². The highest BCUT2D eigenvalue weighted by molar-refractivity contribution is 5.91. The van der Waals surface area contributed by atoms with Crippen LogP contribution in [0.3, 0.4) is 0 Å². The minimum Gasteiger partial charge on any atom is -0.468 e. The van der Waals surface area contributed by atoms with Crippen molar-refractivity contribution in [1.82, 2.24) is 4.98 Å². The Labute approximate surface area is 111 Å². The normalized spacial score (nSPS) is 15.5. The lowest BCUT2D eigenvalue weighted by Gasteiger charge is -2.10. The topological polar surface area (TPSA) is 68.1 Å². The van der Waals surface area contributed by atoms with E-state index in [1.54, 1.807) is 0 Å². The third-order valence-corrected chi connectivity index (χ3v) is 4.01. The Morgan fingerprint density at radius 2 is 2.05 bits per heavy atom. The number of nitrogens with one attached hydrogen (secondary N) is 1. The maximum absolute atomic E-state index is 11.7. The lowest BCUT2D eigenvalue weighted by Crippen LogP contribution is -2.23. The highest BCUT2D eigenvalue weighted by Gasteiger charge is 2.24. The zero-order valence-corrected chi connectivity index (χ0v) is 11.2. The molecular formula is C15H18N2O2. The average molecular weight is 258 g/mol. The van der Waals surface area contributed by atoms with Crippen LogP contribution in [0.15, 0.2) is 12.1 Å². The summed E-state index contributed by atoms with van der Waals surface area (Å²) in [5, 5.41) is 1.05. The van der Waals surface area contributed by atoms with E-state index in [4.69, 9.17) is 10.5 Å². The SMILES string of the molecule is COC(=O)C(N)c1c(C)[nH]c2cc3c(cc12)CCC3. The number of esters is 1. The number of carbonyl (C=O) groups is 1. The van der Waals surface area contributed by atoms with Gasteiger partial charge in [-0.2, -0.15) is 0 Å². The second kappa shape index (κ2) is 4.38. The molecule has 1 heterocycles. The van der Waals surface area contributed by atoms with E-state index in [-0.39, 0.29) is 0 Å². The number of carbonyl (C=O) groups excluding carboxylic acids is 1. The second-order valence-electron chi connectivity index (χ2n) is 5.18. The number of H-pyrrole nitrogens is 1. The molecule has 1 aliphatic rings. The Kier molecular flexibility index (Phi) is 2.82. The largest absolute Gasteiger partial charge is 0.468 e. The van der Waals surface area contributed by atoms with Gasteiger partial charge in [-0.1, -0.05) is 0 Å². The molecule has 0 amide bonds. The summed E-state index contributed by atoms with van der Waals surface area (Å²) >= 11 is 0. The Hall–Kier alpha value is -1.81. The van der Waals surface area contributed by atoms with Crippen molar-refractivity contribution in [2.24, 2.45) is 5.73 Å². The van der Waals surface area contributed by atoms with Crippen LogP contribution in [0.5, 0.6) is 0 Å². The van der Waals surface area contributed by atoms with Gasteiger partial charge in [0, 0.05) is 22.2 Å². The minimum absolute atomic E-state index is 0.399. The highest BCUT2D eigenvalue weighted by atomic mass is 16.5. The molecule has 3 rings (SSSR count). The molecule has 1 aromatic heterocycles. The van der Waals surface area contributed by atoms with Crippen LogP contribution >= 0.6 is 0 Å². The lowest BCUT2D eigenvalue weighted by molar-refractivity contribution is -0.142. The van der Waals surface area contributed by atoms with Crippen LogP contribution in [0.4, 0.5) is 0 Å². The predicted octanol–water partition coefficient (Wildman–Crippen LogP) is 2.14. The van der Waals surface area contributed by atoms with Crippen LogP contribution in [0.1, 0.15) is 34.8 Å². The number of hydrogen-bond donors (Lipinski definition) is 2. The van der Waals surface area contributed by atoms with Gasteiger partial charge in [0.05, 0.1) is 7.11 Å². The van der Waals surface area contributed by atoms with E-state index in [0.29, 0.717) is 0 Å².